The summed E-state index contributed by atoms with van der Waals surface area (Å²) in [6, 6.07) is 0. The molecule has 0 fully saturated rings. The molecule has 5 heteroatoms. The van der Waals surface area contributed by atoms with E-state index >= 15 is 0 Å². The Labute approximate surface area is 112 Å². The van der Waals surface area contributed by atoms with Crippen LogP contribution in [0, 0.1) is 11.8 Å². The van der Waals surface area contributed by atoms with Crippen molar-refractivity contribution >= 4 is 23.6 Å². The number of carboxylic acid groups (broad SMARTS) is 1. The number of hydrogen-bond donors (Lipinski definition) is 2. The zero-order valence-corrected chi connectivity index (χ0v) is 11.7. The first-order chi connectivity index (χ1) is 8.56. The van der Waals surface area contributed by atoms with Crippen molar-refractivity contribution in [1.29, 1.82) is 0 Å². The molecule has 0 saturated carbocycles. The quantitative estimate of drug-likeness (QED) is 0.724. The van der Waals surface area contributed by atoms with Gasteiger partial charge in [0.15, 0.2) is 0 Å². The smallest absolute Gasteiger partial charge is 0.307 e. The fourth-order valence-electron chi connectivity index (χ4n) is 2.02. The summed E-state index contributed by atoms with van der Waals surface area (Å²) in [5, 5.41) is 12.5. The summed E-state index contributed by atoms with van der Waals surface area (Å²) in [6.45, 7) is 2.73. The van der Waals surface area contributed by atoms with E-state index in [-0.39, 0.29) is 5.91 Å². The number of carbonyl (C=O) groups excluding carboxylic acids is 1. The van der Waals surface area contributed by atoms with Gasteiger partial charge in [0.05, 0.1) is 11.8 Å². The highest BCUT2D eigenvalue weighted by Crippen LogP contribution is 2.26. The summed E-state index contributed by atoms with van der Waals surface area (Å²) < 4.78 is 0. The van der Waals surface area contributed by atoms with Crippen molar-refractivity contribution in [2.24, 2.45) is 11.8 Å². The average molecular weight is 271 g/mol. The Morgan fingerprint density at radius 2 is 2.00 bits per heavy atom. The molecule has 18 heavy (non-hydrogen) atoms. The lowest BCUT2D eigenvalue weighted by molar-refractivity contribution is -0.147. The van der Waals surface area contributed by atoms with E-state index in [1.807, 2.05) is 18.4 Å². The van der Waals surface area contributed by atoms with Gasteiger partial charge >= 0.3 is 5.97 Å². The van der Waals surface area contributed by atoms with Crippen LogP contribution in [-0.4, -0.2) is 35.0 Å². The number of thioether (sulfide) groups is 1. The molecule has 1 rings (SSSR count). The van der Waals surface area contributed by atoms with Crippen LogP contribution in [-0.2, 0) is 9.59 Å². The van der Waals surface area contributed by atoms with Crippen molar-refractivity contribution in [2.45, 2.75) is 31.4 Å². The molecule has 0 saturated heterocycles. The molecule has 0 aromatic heterocycles. The third-order valence-electron chi connectivity index (χ3n) is 3.34. The highest BCUT2D eigenvalue weighted by atomic mass is 32.2. The van der Waals surface area contributed by atoms with Crippen LogP contribution < -0.4 is 5.32 Å². The van der Waals surface area contributed by atoms with E-state index in [1.165, 1.54) is 0 Å². The minimum Gasteiger partial charge on any atom is -0.481 e. The van der Waals surface area contributed by atoms with E-state index in [0.29, 0.717) is 24.6 Å². The summed E-state index contributed by atoms with van der Waals surface area (Å²) in [5.41, 5.74) is 0. The van der Waals surface area contributed by atoms with Crippen molar-refractivity contribution in [3.8, 4) is 0 Å². The lowest BCUT2D eigenvalue weighted by atomic mass is 9.82. The molecule has 0 radical (unpaired) electrons. The van der Waals surface area contributed by atoms with Crippen molar-refractivity contribution in [2.75, 3.05) is 12.8 Å². The SMILES string of the molecule is CSC(C)CCNC(=O)[C@@H]1CC=CC[C@@H]1C(=O)O. The van der Waals surface area contributed by atoms with Gasteiger partial charge in [-0.05, 0) is 25.5 Å². The maximum atomic E-state index is 12.0. The number of carbonyl (C=O) groups is 2. The minimum absolute atomic E-state index is 0.125. The highest BCUT2D eigenvalue weighted by molar-refractivity contribution is 7.99. The van der Waals surface area contributed by atoms with Crippen LogP contribution in [0.15, 0.2) is 12.2 Å². The van der Waals surface area contributed by atoms with E-state index in [2.05, 4.69) is 12.2 Å². The van der Waals surface area contributed by atoms with Gasteiger partial charge in [-0.1, -0.05) is 19.1 Å². The first kappa shape index (κ1) is 15.1. The van der Waals surface area contributed by atoms with E-state index in [0.717, 1.165) is 6.42 Å². The van der Waals surface area contributed by atoms with Crippen molar-refractivity contribution in [1.82, 2.24) is 5.32 Å². The van der Waals surface area contributed by atoms with Crippen LogP contribution in [0.4, 0.5) is 0 Å². The van der Waals surface area contributed by atoms with Crippen LogP contribution in [0.5, 0.6) is 0 Å². The molecule has 1 unspecified atom stereocenters. The summed E-state index contributed by atoms with van der Waals surface area (Å²) in [7, 11) is 0. The summed E-state index contributed by atoms with van der Waals surface area (Å²) >= 11 is 1.76. The maximum Gasteiger partial charge on any atom is 0.307 e. The third kappa shape index (κ3) is 4.37. The van der Waals surface area contributed by atoms with Crippen LogP contribution in [0.3, 0.4) is 0 Å². The molecule has 102 valence electrons. The first-order valence-electron chi connectivity index (χ1n) is 6.24. The molecule has 2 N–H and O–H groups in total. The summed E-state index contributed by atoms with van der Waals surface area (Å²) in [5.74, 6) is -2.00. The highest BCUT2D eigenvalue weighted by Gasteiger charge is 2.33. The Hall–Kier alpha value is -0.970. The van der Waals surface area contributed by atoms with Gasteiger partial charge in [0, 0.05) is 11.8 Å². The van der Waals surface area contributed by atoms with Crippen molar-refractivity contribution < 1.29 is 14.7 Å². The second-order valence-corrected chi connectivity index (χ2v) is 5.90. The standard InChI is InChI=1S/C13H21NO3S/c1-9(18-2)7-8-14-12(15)10-5-3-4-6-11(10)13(16)17/h3-4,9-11H,5-8H2,1-2H3,(H,14,15)(H,16,17)/t9?,10-,11+/m1/s1. The molecular weight excluding hydrogens is 250 g/mol. The molecule has 3 atom stereocenters. The fourth-order valence-corrected chi connectivity index (χ4v) is 2.38. The van der Waals surface area contributed by atoms with Crippen molar-refractivity contribution in [3.05, 3.63) is 12.2 Å². The summed E-state index contributed by atoms with van der Waals surface area (Å²) in [6.07, 6.45) is 7.67. The normalized spacial score (nSPS) is 24.6. The fraction of sp³-hybridized carbons (Fsp3) is 0.692. The molecule has 0 heterocycles. The van der Waals surface area contributed by atoms with Gasteiger partial charge in [-0.25, -0.2) is 0 Å². The number of amides is 1. The molecule has 0 aromatic carbocycles. The van der Waals surface area contributed by atoms with Crippen LogP contribution in [0.2, 0.25) is 0 Å². The van der Waals surface area contributed by atoms with Gasteiger partial charge in [-0.15, -0.1) is 0 Å². The van der Waals surface area contributed by atoms with Gasteiger partial charge in [-0.3, -0.25) is 9.59 Å². The Morgan fingerprint density at radius 1 is 1.39 bits per heavy atom. The molecule has 1 amide bonds. The van der Waals surface area contributed by atoms with Crippen LogP contribution >= 0.6 is 11.8 Å². The van der Waals surface area contributed by atoms with Crippen molar-refractivity contribution in [3.63, 3.8) is 0 Å². The van der Waals surface area contributed by atoms with E-state index in [9.17, 15) is 9.59 Å². The van der Waals surface area contributed by atoms with E-state index in [4.69, 9.17) is 5.11 Å². The third-order valence-corrected chi connectivity index (χ3v) is 4.38. The molecule has 0 spiro atoms. The zero-order chi connectivity index (χ0) is 13.5. The molecular formula is C13H21NO3S. The largest absolute Gasteiger partial charge is 0.481 e. The Kier molecular flexibility index (Phi) is 6.25. The molecule has 1 aliphatic carbocycles. The number of allylic oxidation sites excluding steroid dienone is 2. The van der Waals surface area contributed by atoms with Gasteiger partial charge in [0.25, 0.3) is 0 Å². The lowest BCUT2D eigenvalue weighted by Crippen LogP contribution is -2.39. The maximum absolute atomic E-state index is 12.0. The number of aliphatic carboxylic acids is 1. The van der Waals surface area contributed by atoms with Gasteiger partial charge in [-0.2, -0.15) is 11.8 Å². The van der Waals surface area contributed by atoms with Crippen LogP contribution in [0.25, 0.3) is 0 Å². The second-order valence-electron chi connectivity index (χ2n) is 4.62. The number of hydrogen-bond acceptors (Lipinski definition) is 3. The second kappa shape index (κ2) is 7.46. The number of rotatable bonds is 6. The summed E-state index contributed by atoms with van der Waals surface area (Å²) in [4.78, 5) is 23.0. The van der Waals surface area contributed by atoms with Crippen LogP contribution in [0.1, 0.15) is 26.2 Å². The van der Waals surface area contributed by atoms with Gasteiger partial charge < -0.3 is 10.4 Å². The van der Waals surface area contributed by atoms with Gasteiger partial charge in [0.1, 0.15) is 0 Å². The van der Waals surface area contributed by atoms with Gasteiger partial charge in [0.2, 0.25) is 5.91 Å². The first-order valence-corrected chi connectivity index (χ1v) is 7.53. The lowest BCUT2D eigenvalue weighted by Gasteiger charge is -2.24. The Morgan fingerprint density at radius 3 is 2.56 bits per heavy atom. The van der Waals surface area contributed by atoms with E-state index < -0.39 is 17.8 Å². The predicted octanol–water partition coefficient (Wildman–Crippen LogP) is 1.91. The zero-order valence-electron chi connectivity index (χ0n) is 10.9. The number of carboxylic acids is 1. The minimum atomic E-state index is -0.878. The molecule has 0 aliphatic heterocycles. The molecule has 4 nitrogen and oxygen atoms in total. The molecule has 0 bridgehead atoms. The number of nitrogens with one attached hydrogen (secondary N) is 1. The Balaban J connectivity index is 2.44. The average Bonchev–Trinajstić information content (AvgIpc) is 2.38. The Bertz CT molecular complexity index is 330. The molecule has 0 aromatic rings. The molecule has 1 aliphatic rings. The topological polar surface area (TPSA) is 66.4 Å². The monoisotopic (exact) mass is 271 g/mol. The van der Waals surface area contributed by atoms with E-state index in [1.54, 1.807) is 11.8 Å². The predicted molar refractivity (Wildman–Crippen MR) is 73.6 cm³/mol.